The highest BCUT2D eigenvalue weighted by Crippen LogP contribution is 2.07. The van der Waals surface area contributed by atoms with E-state index in [2.05, 4.69) is 35.7 Å². The standard InChI is InChI=1S/C15H27N3.C9H17NO3/c1-4-7-10-13-16-14(11-8-5-2)18-15(17-13)12-9-6-3;1-8(11)6-10(4-5-13-3)7-9(2)12/h4-12H2,1-3H3;4-7H2,1-3H3. The molecule has 0 aliphatic heterocycles. The zero-order valence-corrected chi connectivity index (χ0v) is 20.7. The highest BCUT2D eigenvalue weighted by molar-refractivity contribution is 5.80. The van der Waals surface area contributed by atoms with Gasteiger partial charge in [0.1, 0.15) is 29.0 Å². The molecule has 0 fully saturated rings. The van der Waals surface area contributed by atoms with Crippen molar-refractivity contribution in [1.82, 2.24) is 19.9 Å². The Labute approximate surface area is 189 Å². The number of aromatic nitrogens is 3. The number of hydrogen-bond acceptors (Lipinski definition) is 7. The Balaban J connectivity index is 0.000000615. The molecule has 1 aromatic rings. The average molecular weight is 437 g/mol. The molecule has 0 aromatic carbocycles. The first-order valence-corrected chi connectivity index (χ1v) is 11.8. The number of unbranched alkanes of at least 4 members (excludes halogenated alkanes) is 3. The van der Waals surface area contributed by atoms with Crippen LogP contribution in [-0.4, -0.2) is 64.8 Å². The number of ketones is 2. The number of carbonyl (C=O) groups excluding carboxylic acids is 2. The maximum atomic E-state index is 10.8. The zero-order chi connectivity index (χ0) is 23.5. The van der Waals surface area contributed by atoms with Gasteiger partial charge in [0, 0.05) is 32.9 Å². The number of ether oxygens (including phenoxy) is 1. The number of hydrogen-bond donors (Lipinski definition) is 0. The molecule has 1 aromatic heterocycles. The molecule has 0 N–H and O–H groups in total. The summed E-state index contributed by atoms with van der Waals surface area (Å²) < 4.78 is 4.87. The summed E-state index contributed by atoms with van der Waals surface area (Å²) in [4.78, 5) is 37.2. The van der Waals surface area contributed by atoms with Crippen LogP contribution in [0, 0.1) is 0 Å². The first-order valence-electron chi connectivity index (χ1n) is 11.8. The second-order valence-corrected chi connectivity index (χ2v) is 8.00. The third kappa shape index (κ3) is 16.6. The van der Waals surface area contributed by atoms with Crippen molar-refractivity contribution in [1.29, 1.82) is 0 Å². The topological polar surface area (TPSA) is 85.3 Å². The van der Waals surface area contributed by atoms with Crippen LogP contribution >= 0.6 is 0 Å². The number of nitrogens with zero attached hydrogens (tertiary/aromatic N) is 4. The van der Waals surface area contributed by atoms with Gasteiger partial charge in [0.25, 0.3) is 0 Å². The van der Waals surface area contributed by atoms with E-state index in [-0.39, 0.29) is 11.6 Å². The summed E-state index contributed by atoms with van der Waals surface area (Å²) in [5.41, 5.74) is 0. The van der Waals surface area contributed by atoms with Crippen LogP contribution in [0.2, 0.25) is 0 Å². The molecule has 7 nitrogen and oxygen atoms in total. The molecule has 0 spiro atoms. The van der Waals surface area contributed by atoms with E-state index in [1.807, 2.05) is 0 Å². The lowest BCUT2D eigenvalue weighted by Gasteiger charge is -2.18. The highest BCUT2D eigenvalue weighted by atomic mass is 16.5. The van der Waals surface area contributed by atoms with E-state index in [0.29, 0.717) is 26.2 Å². The van der Waals surface area contributed by atoms with Gasteiger partial charge in [-0.15, -0.1) is 0 Å². The Kier molecular flexibility index (Phi) is 17.9. The minimum Gasteiger partial charge on any atom is -0.383 e. The quantitative estimate of drug-likeness (QED) is 0.387. The molecule has 0 amide bonds. The van der Waals surface area contributed by atoms with Crippen LogP contribution in [-0.2, 0) is 33.6 Å². The molecule has 1 rings (SSSR count). The van der Waals surface area contributed by atoms with Gasteiger partial charge in [0.05, 0.1) is 19.7 Å². The predicted molar refractivity (Wildman–Crippen MR) is 125 cm³/mol. The van der Waals surface area contributed by atoms with Gasteiger partial charge < -0.3 is 4.74 Å². The second kappa shape index (κ2) is 19.0. The number of aryl methyl sites for hydroxylation is 3. The van der Waals surface area contributed by atoms with Crippen molar-refractivity contribution in [2.75, 3.05) is 33.4 Å². The molecule has 0 saturated carbocycles. The fourth-order valence-corrected chi connectivity index (χ4v) is 2.93. The molecule has 0 atom stereocenters. The smallest absolute Gasteiger partial charge is 0.143 e. The fraction of sp³-hybridized carbons (Fsp3) is 0.792. The molecule has 0 radical (unpaired) electrons. The monoisotopic (exact) mass is 436 g/mol. The SMILES string of the molecule is CCCCc1nc(CCCC)nc(CCCC)n1.COCCN(CC(C)=O)CC(C)=O. The van der Waals surface area contributed by atoms with Gasteiger partial charge in [-0.2, -0.15) is 0 Å². The predicted octanol–water partition coefficient (Wildman–Crippen LogP) is 4.01. The lowest BCUT2D eigenvalue weighted by Crippen LogP contribution is -2.35. The molecule has 178 valence electrons. The van der Waals surface area contributed by atoms with Crippen LogP contribution in [0.4, 0.5) is 0 Å². The van der Waals surface area contributed by atoms with Crippen molar-refractivity contribution in [3.05, 3.63) is 17.5 Å². The van der Waals surface area contributed by atoms with Crippen molar-refractivity contribution >= 4 is 11.6 Å². The fourth-order valence-electron chi connectivity index (χ4n) is 2.93. The molecule has 1 heterocycles. The molecule has 0 aliphatic rings. The summed E-state index contributed by atoms with van der Waals surface area (Å²) >= 11 is 0. The molecule has 0 aliphatic carbocycles. The van der Waals surface area contributed by atoms with Gasteiger partial charge >= 0.3 is 0 Å². The van der Waals surface area contributed by atoms with E-state index in [9.17, 15) is 9.59 Å². The summed E-state index contributed by atoms with van der Waals surface area (Å²) in [5, 5.41) is 0. The summed E-state index contributed by atoms with van der Waals surface area (Å²) in [6.07, 6.45) is 10.1. The Morgan fingerprint density at radius 3 is 1.35 bits per heavy atom. The summed E-state index contributed by atoms with van der Waals surface area (Å²) in [6.45, 7) is 11.5. The zero-order valence-electron chi connectivity index (χ0n) is 20.7. The largest absolute Gasteiger partial charge is 0.383 e. The van der Waals surface area contributed by atoms with E-state index >= 15 is 0 Å². The van der Waals surface area contributed by atoms with E-state index in [1.54, 1.807) is 12.0 Å². The van der Waals surface area contributed by atoms with Gasteiger partial charge in [-0.1, -0.05) is 40.0 Å². The lowest BCUT2D eigenvalue weighted by atomic mass is 10.2. The third-order valence-electron chi connectivity index (χ3n) is 4.54. The minimum atomic E-state index is 0.0670. The molecule has 31 heavy (non-hydrogen) atoms. The highest BCUT2D eigenvalue weighted by Gasteiger charge is 2.09. The molecular formula is C24H44N4O3. The normalized spacial score (nSPS) is 10.7. The van der Waals surface area contributed by atoms with Gasteiger partial charge in [-0.3, -0.25) is 14.5 Å². The summed E-state index contributed by atoms with van der Waals surface area (Å²) in [7, 11) is 1.60. The van der Waals surface area contributed by atoms with Crippen LogP contribution in [0.1, 0.15) is 90.6 Å². The van der Waals surface area contributed by atoms with Crippen molar-refractivity contribution in [3.8, 4) is 0 Å². The average Bonchev–Trinajstić information content (AvgIpc) is 2.72. The van der Waals surface area contributed by atoms with Crippen molar-refractivity contribution in [2.45, 2.75) is 92.4 Å². The lowest BCUT2D eigenvalue weighted by molar-refractivity contribution is -0.121. The van der Waals surface area contributed by atoms with Gasteiger partial charge in [-0.05, 0) is 33.1 Å². The molecule has 0 unspecified atom stereocenters. The number of methoxy groups -OCH3 is 1. The van der Waals surface area contributed by atoms with Crippen LogP contribution in [0.15, 0.2) is 0 Å². The Morgan fingerprint density at radius 1 is 0.742 bits per heavy atom. The number of Topliss-reactive ketones (excluding diaryl/α,β-unsaturated/α-hetero) is 2. The van der Waals surface area contributed by atoms with Gasteiger partial charge in [-0.25, -0.2) is 15.0 Å². The van der Waals surface area contributed by atoms with E-state index in [0.717, 1.165) is 36.7 Å². The Morgan fingerprint density at radius 2 is 1.10 bits per heavy atom. The van der Waals surface area contributed by atoms with E-state index in [1.165, 1.54) is 52.4 Å². The van der Waals surface area contributed by atoms with Crippen LogP contribution in [0.25, 0.3) is 0 Å². The molecule has 0 saturated heterocycles. The molecule has 7 heteroatoms. The Hall–Kier alpha value is -1.73. The van der Waals surface area contributed by atoms with Crippen molar-refractivity contribution in [3.63, 3.8) is 0 Å². The van der Waals surface area contributed by atoms with E-state index in [4.69, 9.17) is 4.74 Å². The van der Waals surface area contributed by atoms with Gasteiger partial charge in [0.15, 0.2) is 0 Å². The van der Waals surface area contributed by atoms with Crippen LogP contribution < -0.4 is 0 Å². The number of rotatable bonds is 16. The second-order valence-electron chi connectivity index (χ2n) is 8.00. The summed E-state index contributed by atoms with van der Waals surface area (Å²) in [6, 6.07) is 0. The molecular weight excluding hydrogens is 392 g/mol. The van der Waals surface area contributed by atoms with E-state index < -0.39 is 0 Å². The number of carbonyl (C=O) groups is 2. The van der Waals surface area contributed by atoms with Gasteiger partial charge in [0.2, 0.25) is 0 Å². The van der Waals surface area contributed by atoms with Crippen LogP contribution in [0.5, 0.6) is 0 Å². The maximum absolute atomic E-state index is 10.8. The molecule has 0 bridgehead atoms. The first-order chi connectivity index (χ1) is 14.9. The third-order valence-corrected chi connectivity index (χ3v) is 4.54. The maximum Gasteiger partial charge on any atom is 0.143 e. The minimum absolute atomic E-state index is 0.0670. The van der Waals surface area contributed by atoms with Crippen LogP contribution in [0.3, 0.4) is 0 Å². The Bertz CT molecular complexity index is 542. The first kappa shape index (κ1) is 29.3. The van der Waals surface area contributed by atoms with Crippen molar-refractivity contribution < 1.29 is 14.3 Å². The summed E-state index contributed by atoms with van der Waals surface area (Å²) in [5.74, 6) is 3.15. The van der Waals surface area contributed by atoms with Crippen molar-refractivity contribution in [2.24, 2.45) is 0 Å².